The minimum Gasteiger partial charge on any atom is -0.494 e. The van der Waals surface area contributed by atoms with Crippen LogP contribution in [0.2, 0.25) is 0 Å². The average molecular weight is 568 g/mol. The largest absolute Gasteiger partial charge is 0.494 e. The highest BCUT2D eigenvalue weighted by atomic mass is 19.4. The van der Waals surface area contributed by atoms with Crippen molar-refractivity contribution in [2.24, 2.45) is 0 Å². The van der Waals surface area contributed by atoms with E-state index < -0.39 is 43.5 Å². The average Bonchev–Trinajstić information content (AvgIpc) is 2.81. The van der Waals surface area contributed by atoms with Crippen molar-refractivity contribution in [3.05, 3.63) is 54.1 Å². The Morgan fingerprint density at radius 1 is 0.658 bits per heavy atom. The highest BCUT2D eigenvalue weighted by Crippen LogP contribution is 2.51. The molecule has 0 aromatic heterocycles. The lowest BCUT2D eigenvalue weighted by Gasteiger charge is -2.34. The van der Waals surface area contributed by atoms with Crippen LogP contribution in [0.5, 0.6) is 5.75 Å². The lowest BCUT2D eigenvalue weighted by Crippen LogP contribution is -2.60. The molecule has 0 saturated carbocycles. The van der Waals surface area contributed by atoms with Gasteiger partial charge in [-0.15, -0.1) is 0 Å². The maximum absolute atomic E-state index is 14.2. The fraction of sp³-hybridized carbons (Fsp3) is 0.500. The molecule has 38 heavy (non-hydrogen) atoms. The summed E-state index contributed by atoms with van der Waals surface area (Å²) >= 11 is 0. The van der Waals surface area contributed by atoms with E-state index in [0.717, 1.165) is 24.8 Å². The quantitative estimate of drug-likeness (QED) is 0.179. The van der Waals surface area contributed by atoms with Gasteiger partial charge in [-0.25, -0.2) is 0 Å². The van der Waals surface area contributed by atoms with Gasteiger partial charge in [-0.05, 0) is 35.2 Å². The second-order valence-corrected chi connectivity index (χ2v) is 8.19. The van der Waals surface area contributed by atoms with Crippen molar-refractivity contribution in [2.45, 2.75) is 63.0 Å². The number of benzene rings is 2. The Labute approximate surface area is 210 Å². The zero-order chi connectivity index (χ0) is 28.8. The summed E-state index contributed by atoms with van der Waals surface area (Å²) in [4.78, 5) is 0. The molecular formula is C24H23F11O3. The van der Waals surface area contributed by atoms with Gasteiger partial charge < -0.3 is 9.47 Å². The number of rotatable bonds is 13. The van der Waals surface area contributed by atoms with Crippen molar-refractivity contribution in [1.82, 2.24) is 0 Å². The zero-order valence-corrected chi connectivity index (χ0v) is 19.7. The molecule has 0 fully saturated rings. The van der Waals surface area contributed by atoms with Crippen molar-refractivity contribution in [1.29, 1.82) is 0 Å². The lowest BCUT2D eigenvalue weighted by atomic mass is 10.0. The van der Waals surface area contributed by atoms with E-state index in [2.05, 4.69) is 16.4 Å². The molecule has 0 aliphatic rings. The number of halogens is 11. The Hall–Kier alpha value is -2.61. The maximum atomic E-state index is 14.2. The number of ether oxygens (including phenoxy) is 3. The van der Waals surface area contributed by atoms with E-state index in [9.17, 15) is 48.3 Å². The Morgan fingerprint density at radius 2 is 1.18 bits per heavy atom. The molecule has 0 radical (unpaired) electrons. The normalized spacial score (nSPS) is 14.8. The molecule has 0 bridgehead atoms. The Balaban J connectivity index is 2.03. The van der Waals surface area contributed by atoms with E-state index >= 15 is 0 Å². The van der Waals surface area contributed by atoms with Gasteiger partial charge in [-0.1, -0.05) is 56.2 Å². The first-order chi connectivity index (χ1) is 17.4. The monoisotopic (exact) mass is 568 g/mol. The molecule has 214 valence electrons. The van der Waals surface area contributed by atoms with Gasteiger partial charge in [0.05, 0.1) is 13.2 Å². The van der Waals surface area contributed by atoms with Gasteiger partial charge in [-0.3, -0.25) is 4.74 Å². The van der Waals surface area contributed by atoms with Crippen molar-refractivity contribution in [2.75, 3.05) is 13.2 Å². The third-order valence-electron chi connectivity index (χ3n) is 5.15. The summed E-state index contributed by atoms with van der Waals surface area (Å²) in [5.74, 6) is -12.1. The number of alkyl halides is 11. The van der Waals surface area contributed by atoms with Gasteiger partial charge >= 0.3 is 30.2 Å². The minimum atomic E-state index is -7.11. The highest BCUT2D eigenvalue weighted by Gasteiger charge is 2.78. The molecule has 1 unspecified atom stereocenters. The molecular weight excluding hydrogens is 545 g/mol. The molecule has 3 nitrogen and oxygen atoms in total. The molecule has 0 heterocycles. The first-order valence-electron chi connectivity index (χ1n) is 11.1. The van der Waals surface area contributed by atoms with E-state index in [0.29, 0.717) is 17.9 Å². The molecule has 0 saturated heterocycles. The Bertz CT molecular complexity index is 1000. The van der Waals surface area contributed by atoms with Crippen LogP contribution in [0.1, 0.15) is 31.7 Å². The van der Waals surface area contributed by atoms with E-state index in [4.69, 9.17) is 4.74 Å². The standard InChI is InChI=1S/C24H23F11O3/c1-2-3-4-13-37-19-11-9-18(10-12-19)17-7-5-16(6-8-17)14-36-15-20(25,22(28,29)30)38-24(34,35)21(26,27)23(31,32)33/h5-12H,2-4,13-15H2,1H3. The van der Waals surface area contributed by atoms with Crippen molar-refractivity contribution >= 4 is 0 Å². The first kappa shape index (κ1) is 31.6. The number of hydrogen-bond donors (Lipinski definition) is 0. The van der Waals surface area contributed by atoms with Crippen molar-refractivity contribution in [3.63, 3.8) is 0 Å². The van der Waals surface area contributed by atoms with Crippen LogP contribution < -0.4 is 4.74 Å². The molecule has 0 spiro atoms. The number of hydrogen-bond acceptors (Lipinski definition) is 3. The molecule has 14 heteroatoms. The van der Waals surface area contributed by atoms with E-state index in [1.54, 1.807) is 24.3 Å². The van der Waals surface area contributed by atoms with Crippen LogP contribution in [0.4, 0.5) is 48.3 Å². The molecule has 1 atom stereocenters. The smallest absolute Gasteiger partial charge is 0.462 e. The summed E-state index contributed by atoms with van der Waals surface area (Å²) < 4.78 is 154. The number of unbranched alkanes of at least 4 members (excludes halogenated alkanes) is 2. The van der Waals surface area contributed by atoms with E-state index in [1.165, 1.54) is 24.3 Å². The molecule has 2 rings (SSSR count). The van der Waals surface area contributed by atoms with Crippen LogP contribution >= 0.6 is 0 Å². The van der Waals surface area contributed by atoms with Crippen molar-refractivity contribution in [3.8, 4) is 16.9 Å². The van der Waals surface area contributed by atoms with Gasteiger partial charge in [0, 0.05) is 0 Å². The first-order valence-corrected chi connectivity index (χ1v) is 11.1. The molecule has 0 aliphatic heterocycles. The fourth-order valence-electron chi connectivity index (χ4n) is 2.98. The second-order valence-electron chi connectivity index (χ2n) is 8.19. The summed E-state index contributed by atoms with van der Waals surface area (Å²) in [5, 5.41) is 0. The van der Waals surface area contributed by atoms with Gasteiger partial charge in [-0.2, -0.15) is 48.3 Å². The van der Waals surface area contributed by atoms with Gasteiger partial charge in [0.1, 0.15) is 12.4 Å². The summed E-state index contributed by atoms with van der Waals surface area (Å²) in [6.07, 6.45) is -17.4. The molecule has 2 aromatic carbocycles. The van der Waals surface area contributed by atoms with Crippen LogP contribution in [0.25, 0.3) is 11.1 Å². The van der Waals surface area contributed by atoms with Crippen LogP contribution in [0.15, 0.2) is 48.5 Å². The zero-order valence-electron chi connectivity index (χ0n) is 19.7. The molecule has 0 N–H and O–H groups in total. The lowest BCUT2D eigenvalue weighted by molar-refractivity contribution is -0.486. The molecule has 2 aromatic rings. The summed E-state index contributed by atoms with van der Waals surface area (Å²) in [6.45, 7) is -0.659. The third-order valence-corrected chi connectivity index (χ3v) is 5.15. The summed E-state index contributed by atoms with van der Waals surface area (Å²) in [7, 11) is 0. The van der Waals surface area contributed by atoms with Gasteiger partial charge in [0.2, 0.25) is 0 Å². The third kappa shape index (κ3) is 7.71. The van der Waals surface area contributed by atoms with Gasteiger partial charge in [0.25, 0.3) is 0 Å². The van der Waals surface area contributed by atoms with Crippen LogP contribution in [-0.2, 0) is 16.1 Å². The summed E-state index contributed by atoms with van der Waals surface area (Å²) in [6, 6.07) is 12.7. The second kappa shape index (κ2) is 12.1. The van der Waals surface area contributed by atoms with Crippen molar-refractivity contribution < 1.29 is 62.5 Å². The SMILES string of the molecule is CCCCCOc1ccc(-c2ccc(COCC(F)(OC(F)(F)C(F)(F)C(F)(F)F)C(F)(F)F)cc2)cc1. The predicted octanol–water partition coefficient (Wildman–Crippen LogP) is 8.47. The fourth-order valence-corrected chi connectivity index (χ4v) is 2.98. The van der Waals surface area contributed by atoms with E-state index in [-0.39, 0.29) is 5.56 Å². The summed E-state index contributed by atoms with van der Waals surface area (Å²) in [5.41, 5.74) is 1.50. The van der Waals surface area contributed by atoms with Crippen LogP contribution in [0.3, 0.4) is 0 Å². The predicted molar refractivity (Wildman–Crippen MR) is 113 cm³/mol. The maximum Gasteiger partial charge on any atom is 0.462 e. The van der Waals surface area contributed by atoms with Crippen LogP contribution in [0, 0.1) is 0 Å². The van der Waals surface area contributed by atoms with Crippen LogP contribution in [-0.4, -0.2) is 43.5 Å². The Kier molecular flexibility index (Phi) is 10.0. The topological polar surface area (TPSA) is 27.7 Å². The Morgan fingerprint density at radius 3 is 1.66 bits per heavy atom. The highest BCUT2D eigenvalue weighted by molar-refractivity contribution is 5.64. The molecule has 0 aliphatic carbocycles. The minimum absolute atomic E-state index is 0.113. The van der Waals surface area contributed by atoms with Gasteiger partial charge in [0.15, 0.2) is 0 Å². The molecule has 0 amide bonds. The van der Waals surface area contributed by atoms with E-state index in [1.807, 2.05) is 0 Å².